The van der Waals surface area contributed by atoms with Crippen LogP contribution in [0.4, 0.5) is 5.69 Å². The summed E-state index contributed by atoms with van der Waals surface area (Å²) in [5.74, 6) is 2.72. The third kappa shape index (κ3) is 1.95. The van der Waals surface area contributed by atoms with E-state index >= 15 is 0 Å². The largest absolute Gasteiger partial charge is 0.486 e. The van der Waals surface area contributed by atoms with Gasteiger partial charge in [0.25, 0.3) is 0 Å². The Morgan fingerprint density at radius 1 is 1.35 bits per heavy atom. The van der Waals surface area contributed by atoms with Gasteiger partial charge in [0.1, 0.15) is 18.2 Å². The number of anilines is 1. The van der Waals surface area contributed by atoms with Gasteiger partial charge in [-0.25, -0.2) is 0 Å². The molecule has 3 rings (SSSR count). The van der Waals surface area contributed by atoms with Crippen LogP contribution in [-0.2, 0) is 19.6 Å². The van der Waals surface area contributed by atoms with Gasteiger partial charge in [0.05, 0.1) is 0 Å². The predicted octanol–water partition coefficient (Wildman–Crippen LogP) is 1.39. The van der Waals surface area contributed by atoms with Crippen molar-refractivity contribution in [2.45, 2.75) is 26.0 Å². The van der Waals surface area contributed by atoms with Crippen molar-refractivity contribution in [2.75, 3.05) is 5.73 Å². The standard InChI is InChI=1S/C12H14N4O/c13-9-3-1-4-10(7-9)17-8-12-15-14-11-5-2-6-16(11)12/h1,3-4,7H,2,5-6,8,13H2. The van der Waals surface area contributed by atoms with Gasteiger partial charge in [0.2, 0.25) is 0 Å². The van der Waals surface area contributed by atoms with Crippen molar-refractivity contribution < 1.29 is 4.74 Å². The zero-order valence-corrected chi connectivity index (χ0v) is 9.47. The molecule has 17 heavy (non-hydrogen) atoms. The second-order valence-electron chi connectivity index (χ2n) is 4.15. The molecule has 0 bridgehead atoms. The van der Waals surface area contributed by atoms with Crippen LogP contribution in [0.1, 0.15) is 18.1 Å². The average Bonchev–Trinajstić information content (AvgIpc) is 2.89. The molecule has 1 aliphatic rings. The molecule has 0 saturated carbocycles. The highest BCUT2D eigenvalue weighted by Gasteiger charge is 2.17. The molecule has 1 aliphatic heterocycles. The number of benzene rings is 1. The van der Waals surface area contributed by atoms with E-state index in [0.29, 0.717) is 12.3 Å². The number of ether oxygens (including phenoxy) is 1. The summed E-state index contributed by atoms with van der Waals surface area (Å²) < 4.78 is 7.78. The van der Waals surface area contributed by atoms with E-state index in [9.17, 15) is 0 Å². The first-order chi connectivity index (χ1) is 8.33. The van der Waals surface area contributed by atoms with E-state index in [4.69, 9.17) is 10.5 Å². The molecule has 2 aromatic rings. The fourth-order valence-corrected chi connectivity index (χ4v) is 2.07. The number of hydrogen-bond acceptors (Lipinski definition) is 4. The number of nitrogens with zero attached hydrogens (tertiary/aromatic N) is 3. The molecule has 5 heteroatoms. The minimum atomic E-state index is 0.441. The normalized spacial score (nSPS) is 13.6. The van der Waals surface area contributed by atoms with Crippen LogP contribution in [0.15, 0.2) is 24.3 Å². The van der Waals surface area contributed by atoms with Gasteiger partial charge in [0, 0.05) is 24.7 Å². The van der Waals surface area contributed by atoms with Gasteiger partial charge < -0.3 is 15.0 Å². The van der Waals surface area contributed by atoms with Crippen LogP contribution in [0, 0.1) is 0 Å². The minimum absolute atomic E-state index is 0.441. The quantitative estimate of drug-likeness (QED) is 0.809. The third-order valence-electron chi connectivity index (χ3n) is 2.91. The topological polar surface area (TPSA) is 66.0 Å². The van der Waals surface area contributed by atoms with Crippen molar-refractivity contribution in [3.8, 4) is 5.75 Å². The van der Waals surface area contributed by atoms with Crippen LogP contribution in [0.2, 0.25) is 0 Å². The molecule has 0 saturated heterocycles. The second-order valence-corrected chi connectivity index (χ2v) is 4.15. The number of nitrogens with two attached hydrogens (primary N) is 1. The maximum absolute atomic E-state index is 5.68. The Kier molecular flexibility index (Phi) is 2.44. The van der Waals surface area contributed by atoms with E-state index in [1.165, 1.54) is 0 Å². The Balaban J connectivity index is 1.72. The molecular formula is C12H14N4O. The minimum Gasteiger partial charge on any atom is -0.486 e. The number of aryl methyl sites for hydroxylation is 1. The van der Waals surface area contributed by atoms with E-state index < -0.39 is 0 Å². The van der Waals surface area contributed by atoms with Crippen molar-refractivity contribution in [1.82, 2.24) is 14.8 Å². The number of nitrogen functional groups attached to an aromatic ring is 1. The lowest BCUT2D eigenvalue weighted by molar-refractivity contribution is 0.289. The van der Waals surface area contributed by atoms with Crippen LogP contribution in [0.3, 0.4) is 0 Å². The Labute approximate surface area is 99.2 Å². The fraction of sp³-hybridized carbons (Fsp3) is 0.333. The Hall–Kier alpha value is -2.04. The van der Waals surface area contributed by atoms with Gasteiger partial charge in [0.15, 0.2) is 5.82 Å². The van der Waals surface area contributed by atoms with Crippen molar-refractivity contribution in [3.05, 3.63) is 35.9 Å². The first-order valence-electron chi connectivity index (χ1n) is 5.72. The van der Waals surface area contributed by atoms with Crippen molar-refractivity contribution in [1.29, 1.82) is 0 Å². The lowest BCUT2D eigenvalue weighted by Gasteiger charge is -2.06. The molecule has 0 unspecified atom stereocenters. The average molecular weight is 230 g/mol. The summed E-state index contributed by atoms with van der Waals surface area (Å²) in [5, 5.41) is 8.27. The molecular weight excluding hydrogens is 216 g/mol. The second kappa shape index (κ2) is 4.08. The van der Waals surface area contributed by atoms with Crippen molar-refractivity contribution in [3.63, 3.8) is 0 Å². The van der Waals surface area contributed by atoms with Crippen LogP contribution >= 0.6 is 0 Å². The van der Waals surface area contributed by atoms with Gasteiger partial charge in [-0.3, -0.25) is 0 Å². The fourth-order valence-electron chi connectivity index (χ4n) is 2.07. The summed E-state index contributed by atoms with van der Waals surface area (Å²) in [6, 6.07) is 7.40. The zero-order chi connectivity index (χ0) is 11.7. The number of aromatic nitrogens is 3. The maximum Gasteiger partial charge on any atom is 0.171 e. The number of rotatable bonds is 3. The molecule has 0 fully saturated rings. The summed E-state index contributed by atoms with van der Waals surface area (Å²) >= 11 is 0. The Bertz CT molecular complexity index is 535. The SMILES string of the molecule is Nc1cccc(OCc2nnc3n2CCC3)c1. The molecule has 0 aliphatic carbocycles. The van der Waals surface area contributed by atoms with Crippen LogP contribution in [0.5, 0.6) is 5.75 Å². The summed E-state index contributed by atoms with van der Waals surface area (Å²) in [7, 11) is 0. The van der Waals surface area contributed by atoms with E-state index in [2.05, 4.69) is 14.8 Å². The molecule has 0 radical (unpaired) electrons. The van der Waals surface area contributed by atoms with Crippen LogP contribution < -0.4 is 10.5 Å². The molecule has 2 N–H and O–H groups in total. The summed E-state index contributed by atoms with van der Waals surface area (Å²) in [4.78, 5) is 0. The molecule has 5 nitrogen and oxygen atoms in total. The summed E-state index contributed by atoms with van der Waals surface area (Å²) in [6.07, 6.45) is 2.17. The smallest absolute Gasteiger partial charge is 0.171 e. The highest BCUT2D eigenvalue weighted by atomic mass is 16.5. The molecule has 1 aromatic carbocycles. The lowest BCUT2D eigenvalue weighted by Crippen LogP contribution is -2.05. The molecule has 0 amide bonds. The molecule has 0 atom stereocenters. The van der Waals surface area contributed by atoms with Gasteiger partial charge in [-0.1, -0.05) is 6.07 Å². The zero-order valence-electron chi connectivity index (χ0n) is 9.47. The van der Waals surface area contributed by atoms with E-state index in [1.54, 1.807) is 6.07 Å². The number of hydrogen-bond donors (Lipinski definition) is 1. The highest BCUT2D eigenvalue weighted by molar-refractivity contribution is 5.43. The Morgan fingerprint density at radius 3 is 3.18 bits per heavy atom. The van der Waals surface area contributed by atoms with Crippen molar-refractivity contribution in [2.24, 2.45) is 0 Å². The number of fused-ring (bicyclic) bond motifs is 1. The monoisotopic (exact) mass is 230 g/mol. The molecule has 88 valence electrons. The molecule has 0 spiro atoms. The third-order valence-corrected chi connectivity index (χ3v) is 2.91. The van der Waals surface area contributed by atoms with E-state index in [0.717, 1.165) is 36.8 Å². The molecule has 1 aromatic heterocycles. The lowest BCUT2D eigenvalue weighted by atomic mass is 10.3. The first-order valence-corrected chi connectivity index (χ1v) is 5.72. The summed E-state index contributed by atoms with van der Waals surface area (Å²) in [5.41, 5.74) is 6.39. The van der Waals surface area contributed by atoms with Gasteiger partial charge in [-0.2, -0.15) is 0 Å². The predicted molar refractivity (Wildman–Crippen MR) is 63.5 cm³/mol. The van der Waals surface area contributed by atoms with E-state index in [-0.39, 0.29) is 0 Å². The van der Waals surface area contributed by atoms with Gasteiger partial charge in [-0.15, -0.1) is 10.2 Å². The summed E-state index contributed by atoms with van der Waals surface area (Å²) in [6.45, 7) is 1.44. The van der Waals surface area contributed by atoms with Crippen LogP contribution in [-0.4, -0.2) is 14.8 Å². The van der Waals surface area contributed by atoms with Gasteiger partial charge in [-0.05, 0) is 18.6 Å². The molecule has 2 heterocycles. The van der Waals surface area contributed by atoms with E-state index in [1.807, 2.05) is 18.2 Å². The Morgan fingerprint density at radius 2 is 2.29 bits per heavy atom. The van der Waals surface area contributed by atoms with Crippen molar-refractivity contribution >= 4 is 5.69 Å². The first kappa shape index (κ1) is 10.1. The maximum atomic E-state index is 5.68. The van der Waals surface area contributed by atoms with Crippen LogP contribution in [0.25, 0.3) is 0 Å². The van der Waals surface area contributed by atoms with Gasteiger partial charge >= 0.3 is 0 Å². The highest BCUT2D eigenvalue weighted by Crippen LogP contribution is 2.18.